The highest BCUT2D eigenvalue weighted by atomic mass is 32.1. The molecule has 3 aromatic rings. The summed E-state index contributed by atoms with van der Waals surface area (Å²) in [5, 5.41) is 0.463. The Labute approximate surface area is 164 Å². The third-order valence-corrected chi connectivity index (χ3v) is 5.72. The van der Waals surface area contributed by atoms with Crippen molar-refractivity contribution >= 4 is 39.1 Å². The Balaban J connectivity index is 1.60. The fourth-order valence-corrected chi connectivity index (χ4v) is 4.01. The van der Waals surface area contributed by atoms with Crippen LogP contribution in [0.2, 0.25) is 0 Å². The van der Waals surface area contributed by atoms with Gasteiger partial charge in [0.05, 0.1) is 17.6 Å². The van der Waals surface area contributed by atoms with E-state index >= 15 is 0 Å². The molecule has 1 atom stereocenters. The van der Waals surface area contributed by atoms with Crippen LogP contribution >= 0.6 is 11.3 Å². The van der Waals surface area contributed by atoms with Crippen LogP contribution in [0.1, 0.15) is 18.7 Å². The molecular weight excluding hydrogens is 380 g/mol. The van der Waals surface area contributed by atoms with E-state index < -0.39 is 12.0 Å². The quantitative estimate of drug-likeness (QED) is 0.727. The lowest BCUT2D eigenvalue weighted by Gasteiger charge is -2.33. The van der Waals surface area contributed by atoms with Crippen molar-refractivity contribution in [1.82, 2.24) is 9.66 Å². The van der Waals surface area contributed by atoms with Gasteiger partial charge in [0, 0.05) is 11.8 Å². The predicted molar refractivity (Wildman–Crippen MR) is 107 cm³/mol. The first kappa shape index (κ1) is 18.2. The van der Waals surface area contributed by atoms with Crippen LogP contribution in [0.25, 0.3) is 10.2 Å². The van der Waals surface area contributed by atoms with Gasteiger partial charge in [-0.3, -0.25) is 19.8 Å². The van der Waals surface area contributed by atoms with Gasteiger partial charge in [-0.25, -0.2) is 9.66 Å². The molecule has 1 aliphatic heterocycles. The first-order chi connectivity index (χ1) is 13.5. The summed E-state index contributed by atoms with van der Waals surface area (Å²) in [5.41, 5.74) is 2.80. The minimum atomic E-state index is -0.949. The standard InChI is InChI=1S/C19H18N4O4S/c1-3-12-8-13-18(28-12)20-10-23(19(13)26)21-17(25)16-9-22(11(2)24)14-6-4-5-7-15(14)27-16/h4-8,10,16H,3,9H2,1-2H3,(H,21,25). The van der Waals surface area contributed by atoms with Gasteiger partial charge in [-0.1, -0.05) is 19.1 Å². The Bertz CT molecular complexity index is 1140. The maximum absolute atomic E-state index is 12.7. The number of hydrogen-bond donors (Lipinski definition) is 1. The monoisotopic (exact) mass is 398 g/mol. The highest BCUT2D eigenvalue weighted by Crippen LogP contribution is 2.33. The Hall–Kier alpha value is -3.20. The molecule has 28 heavy (non-hydrogen) atoms. The number of nitrogens with zero attached hydrogens (tertiary/aromatic N) is 3. The number of carbonyl (C=O) groups excluding carboxylic acids is 2. The van der Waals surface area contributed by atoms with Crippen molar-refractivity contribution in [3.8, 4) is 5.75 Å². The number of fused-ring (bicyclic) bond motifs is 2. The van der Waals surface area contributed by atoms with Crippen LogP contribution in [0, 0.1) is 0 Å². The zero-order chi connectivity index (χ0) is 19.8. The number of rotatable bonds is 3. The van der Waals surface area contributed by atoms with Gasteiger partial charge in [-0.05, 0) is 24.6 Å². The number of aromatic nitrogens is 2. The molecule has 0 aliphatic carbocycles. The molecular formula is C19H18N4O4S. The smallest absolute Gasteiger partial charge is 0.281 e. The maximum atomic E-state index is 12.7. The number of benzene rings is 1. The largest absolute Gasteiger partial charge is 0.476 e. The minimum absolute atomic E-state index is 0.0566. The molecule has 2 amide bonds. The number of ether oxygens (including phenoxy) is 1. The molecule has 8 nitrogen and oxygen atoms in total. The van der Waals surface area contributed by atoms with Crippen molar-refractivity contribution in [3.05, 3.63) is 51.9 Å². The molecule has 0 saturated carbocycles. The summed E-state index contributed by atoms with van der Waals surface area (Å²) in [6.07, 6.45) is 1.15. The molecule has 0 radical (unpaired) electrons. The number of amides is 2. The van der Waals surface area contributed by atoms with Crippen LogP contribution in [0.3, 0.4) is 0 Å². The summed E-state index contributed by atoms with van der Waals surface area (Å²) in [6, 6.07) is 8.81. The van der Waals surface area contributed by atoms with Gasteiger partial charge >= 0.3 is 0 Å². The molecule has 0 fully saturated rings. The van der Waals surface area contributed by atoms with E-state index in [0.717, 1.165) is 16.0 Å². The molecule has 0 saturated heterocycles. The van der Waals surface area contributed by atoms with Crippen molar-refractivity contribution in [2.24, 2.45) is 0 Å². The average molecular weight is 398 g/mol. The van der Waals surface area contributed by atoms with Gasteiger partial charge in [0.1, 0.15) is 16.9 Å². The number of anilines is 1. The number of nitrogens with one attached hydrogen (secondary N) is 1. The number of hydrogen-bond acceptors (Lipinski definition) is 6. The summed E-state index contributed by atoms with van der Waals surface area (Å²) in [7, 11) is 0. The molecule has 2 aromatic heterocycles. The van der Waals surface area contributed by atoms with Crippen molar-refractivity contribution in [1.29, 1.82) is 0 Å². The molecule has 3 heterocycles. The lowest BCUT2D eigenvalue weighted by atomic mass is 10.2. The summed E-state index contributed by atoms with van der Waals surface area (Å²) >= 11 is 1.46. The van der Waals surface area contributed by atoms with Gasteiger partial charge in [0.2, 0.25) is 5.91 Å². The van der Waals surface area contributed by atoms with Gasteiger partial charge in [-0.2, -0.15) is 0 Å². The van der Waals surface area contributed by atoms with Crippen molar-refractivity contribution < 1.29 is 14.3 Å². The van der Waals surface area contributed by atoms with Crippen LogP contribution in [0.15, 0.2) is 41.5 Å². The fourth-order valence-electron chi connectivity index (χ4n) is 3.09. The van der Waals surface area contributed by atoms with E-state index in [0.29, 0.717) is 21.7 Å². The molecule has 1 N–H and O–H groups in total. The number of aryl methyl sites for hydroxylation is 1. The normalized spacial score (nSPS) is 15.8. The molecule has 1 unspecified atom stereocenters. The van der Waals surface area contributed by atoms with E-state index in [1.807, 2.05) is 6.92 Å². The van der Waals surface area contributed by atoms with Crippen molar-refractivity contribution in [2.75, 3.05) is 16.9 Å². The maximum Gasteiger partial charge on any atom is 0.281 e. The summed E-state index contributed by atoms with van der Waals surface area (Å²) in [4.78, 5) is 44.8. The van der Waals surface area contributed by atoms with E-state index in [9.17, 15) is 14.4 Å². The Morgan fingerprint density at radius 3 is 2.89 bits per heavy atom. The molecule has 4 rings (SSSR count). The van der Waals surface area contributed by atoms with Crippen LogP contribution < -0.4 is 20.6 Å². The minimum Gasteiger partial charge on any atom is -0.476 e. The van der Waals surface area contributed by atoms with E-state index in [1.165, 1.54) is 29.5 Å². The zero-order valence-electron chi connectivity index (χ0n) is 15.3. The predicted octanol–water partition coefficient (Wildman–Crippen LogP) is 1.90. The van der Waals surface area contributed by atoms with Crippen LogP contribution in [0.4, 0.5) is 5.69 Å². The van der Waals surface area contributed by atoms with Crippen molar-refractivity contribution in [2.45, 2.75) is 26.4 Å². The van der Waals surface area contributed by atoms with E-state index in [2.05, 4.69) is 10.4 Å². The van der Waals surface area contributed by atoms with Crippen LogP contribution in [-0.2, 0) is 16.0 Å². The van der Waals surface area contributed by atoms with Gasteiger partial charge in [0.15, 0.2) is 6.10 Å². The first-order valence-corrected chi connectivity index (χ1v) is 9.64. The number of para-hydroxylation sites is 2. The second-order valence-corrected chi connectivity index (χ2v) is 7.50. The van der Waals surface area contributed by atoms with E-state index in [1.54, 1.807) is 30.3 Å². The topological polar surface area (TPSA) is 93.5 Å². The second-order valence-electron chi connectivity index (χ2n) is 6.38. The lowest BCUT2D eigenvalue weighted by molar-refractivity contribution is -0.124. The number of thiophene rings is 1. The van der Waals surface area contributed by atoms with Crippen LogP contribution in [-0.4, -0.2) is 34.1 Å². The highest BCUT2D eigenvalue weighted by Gasteiger charge is 2.32. The average Bonchev–Trinajstić information content (AvgIpc) is 3.13. The Kier molecular flexibility index (Phi) is 4.60. The SMILES string of the molecule is CCc1cc2c(=O)n(NC(=O)C3CN(C(C)=O)c4ccccc4O3)cnc2s1. The highest BCUT2D eigenvalue weighted by molar-refractivity contribution is 7.18. The second kappa shape index (κ2) is 7.08. The Morgan fingerprint density at radius 1 is 1.36 bits per heavy atom. The van der Waals surface area contributed by atoms with Gasteiger partial charge in [0.25, 0.3) is 11.5 Å². The first-order valence-electron chi connectivity index (χ1n) is 8.82. The van der Waals surface area contributed by atoms with Gasteiger partial charge < -0.3 is 9.64 Å². The molecule has 0 bridgehead atoms. The molecule has 0 spiro atoms. The van der Waals surface area contributed by atoms with E-state index in [-0.39, 0.29) is 18.0 Å². The summed E-state index contributed by atoms with van der Waals surface area (Å²) in [6.45, 7) is 3.49. The third kappa shape index (κ3) is 3.13. The Morgan fingerprint density at radius 2 is 2.14 bits per heavy atom. The number of carbonyl (C=O) groups is 2. The van der Waals surface area contributed by atoms with Crippen LogP contribution in [0.5, 0.6) is 5.75 Å². The van der Waals surface area contributed by atoms with Crippen molar-refractivity contribution in [3.63, 3.8) is 0 Å². The molecule has 144 valence electrons. The van der Waals surface area contributed by atoms with Gasteiger partial charge in [-0.15, -0.1) is 11.3 Å². The summed E-state index contributed by atoms with van der Waals surface area (Å²) in [5.74, 6) is -0.287. The lowest BCUT2D eigenvalue weighted by Crippen LogP contribution is -2.50. The zero-order valence-corrected chi connectivity index (χ0v) is 16.2. The molecule has 9 heteroatoms. The third-order valence-electron chi connectivity index (χ3n) is 4.53. The summed E-state index contributed by atoms with van der Waals surface area (Å²) < 4.78 is 6.81. The molecule has 1 aliphatic rings. The van der Waals surface area contributed by atoms with E-state index in [4.69, 9.17) is 4.74 Å². The molecule has 1 aromatic carbocycles. The fraction of sp³-hybridized carbons (Fsp3) is 0.263.